The molecule has 0 spiro atoms. The van der Waals surface area contributed by atoms with Crippen LogP contribution in [-0.4, -0.2) is 28.9 Å². The smallest absolute Gasteiger partial charge is 0.336 e. The van der Waals surface area contributed by atoms with Crippen molar-refractivity contribution in [2.45, 2.75) is 11.4 Å². The van der Waals surface area contributed by atoms with Crippen molar-refractivity contribution in [2.75, 3.05) is 4.72 Å². The molecule has 3 heterocycles. The summed E-state index contributed by atoms with van der Waals surface area (Å²) in [5, 5.41) is 4.53. The van der Waals surface area contributed by atoms with Gasteiger partial charge in [0.1, 0.15) is 23.9 Å². The van der Waals surface area contributed by atoms with Gasteiger partial charge in [-0.3, -0.25) is 4.72 Å². The van der Waals surface area contributed by atoms with Gasteiger partial charge in [-0.05, 0) is 6.07 Å². The van der Waals surface area contributed by atoms with E-state index in [9.17, 15) is 13.0 Å². The van der Waals surface area contributed by atoms with Crippen LogP contribution < -0.4 is 9.01 Å². The maximum Gasteiger partial charge on any atom is 0.336 e. The normalized spacial score (nSPS) is 12.4. The van der Waals surface area contributed by atoms with Gasteiger partial charge in [0.15, 0.2) is 11.0 Å². The molecule has 13 heteroatoms. The van der Waals surface area contributed by atoms with Gasteiger partial charge in [0.25, 0.3) is 5.88 Å². The summed E-state index contributed by atoms with van der Waals surface area (Å²) >= 11 is 11.6. The molecule has 1 atom stereocenters. The van der Waals surface area contributed by atoms with Crippen molar-refractivity contribution in [3.8, 4) is 17.0 Å². The molecule has 29 heavy (non-hydrogen) atoms. The van der Waals surface area contributed by atoms with Crippen molar-refractivity contribution < 1.29 is 17.3 Å². The SMILES string of the molecule is O=S(Nc1cnn(C(F)F)c1OCl)c1c[nH]c2c(-c3cncnc3)c(Cl)ccc12. The quantitative estimate of drug-likeness (QED) is 0.442. The zero-order chi connectivity index (χ0) is 20.5. The Morgan fingerprint density at radius 2 is 2.00 bits per heavy atom. The van der Waals surface area contributed by atoms with Crippen molar-refractivity contribution in [1.82, 2.24) is 24.7 Å². The number of hydrogen-bond donors (Lipinski definition) is 2. The van der Waals surface area contributed by atoms with E-state index in [1.54, 1.807) is 24.5 Å². The highest BCUT2D eigenvalue weighted by Gasteiger charge is 2.22. The summed E-state index contributed by atoms with van der Waals surface area (Å²) in [7, 11) is -1.85. The Bertz CT molecular complexity index is 1200. The third kappa shape index (κ3) is 3.52. The third-order valence-corrected chi connectivity index (χ3v) is 5.63. The average Bonchev–Trinajstić information content (AvgIpc) is 3.32. The predicted octanol–water partition coefficient (Wildman–Crippen LogP) is 4.54. The number of H-pyrrole nitrogens is 1. The summed E-state index contributed by atoms with van der Waals surface area (Å²) in [6, 6.07) is 3.35. The molecule has 3 aromatic heterocycles. The second kappa shape index (κ2) is 7.93. The highest BCUT2D eigenvalue weighted by atomic mass is 35.5. The topological polar surface area (TPSA) is 97.7 Å². The van der Waals surface area contributed by atoms with Crippen molar-refractivity contribution in [1.29, 1.82) is 0 Å². The number of nitrogens with zero attached hydrogens (tertiary/aromatic N) is 4. The highest BCUT2D eigenvalue weighted by Crippen LogP contribution is 2.37. The number of benzene rings is 1. The first kappa shape index (κ1) is 19.6. The lowest BCUT2D eigenvalue weighted by Crippen LogP contribution is -2.06. The molecule has 0 fully saturated rings. The Morgan fingerprint density at radius 1 is 1.24 bits per heavy atom. The van der Waals surface area contributed by atoms with Crippen LogP contribution in [0, 0.1) is 0 Å². The summed E-state index contributed by atoms with van der Waals surface area (Å²) < 4.78 is 46.0. The lowest BCUT2D eigenvalue weighted by atomic mass is 10.1. The van der Waals surface area contributed by atoms with E-state index in [-0.39, 0.29) is 10.4 Å². The first-order chi connectivity index (χ1) is 14.0. The van der Waals surface area contributed by atoms with Gasteiger partial charge in [-0.25, -0.2) is 14.2 Å². The number of hydrogen-bond acceptors (Lipinski definition) is 5. The molecule has 0 saturated carbocycles. The summed E-state index contributed by atoms with van der Waals surface area (Å²) in [5.74, 6) is -0.458. The second-order valence-electron chi connectivity index (χ2n) is 5.66. The second-order valence-corrected chi connectivity index (χ2v) is 7.40. The van der Waals surface area contributed by atoms with E-state index in [2.05, 4.69) is 29.1 Å². The van der Waals surface area contributed by atoms with Crippen molar-refractivity contribution in [2.24, 2.45) is 0 Å². The number of nitrogens with one attached hydrogen (secondary N) is 2. The van der Waals surface area contributed by atoms with E-state index >= 15 is 0 Å². The Morgan fingerprint density at radius 3 is 2.69 bits per heavy atom. The zero-order valence-corrected chi connectivity index (χ0v) is 16.5. The van der Waals surface area contributed by atoms with E-state index in [0.717, 1.165) is 6.20 Å². The molecule has 0 radical (unpaired) electrons. The molecule has 8 nitrogen and oxygen atoms in total. The van der Waals surface area contributed by atoms with Crippen LogP contribution >= 0.6 is 23.5 Å². The lowest BCUT2D eigenvalue weighted by Gasteiger charge is -2.08. The van der Waals surface area contributed by atoms with Gasteiger partial charge in [0.05, 0.1) is 21.6 Å². The first-order valence-corrected chi connectivity index (χ1v) is 9.72. The van der Waals surface area contributed by atoms with Gasteiger partial charge in [-0.1, -0.05) is 17.7 Å². The molecule has 0 saturated heterocycles. The number of aromatic amines is 1. The van der Waals surface area contributed by atoms with Crippen LogP contribution in [0.5, 0.6) is 5.88 Å². The van der Waals surface area contributed by atoms with Gasteiger partial charge < -0.3 is 9.27 Å². The fourth-order valence-electron chi connectivity index (χ4n) is 2.80. The van der Waals surface area contributed by atoms with Crippen molar-refractivity contribution in [3.63, 3.8) is 0 Å². The molecular weight excluding hydrogens is 449 g/mol. The van der Waals surface area contributed by atoms with E-state index in [0.29, 0.717) is 31.9 Å². The van der Waals surface area contributed by atoms with E-state index in [1.807, 2.05) is 0 Å². The zero-order valence-electron chi connectivity index (χ0n) is 14.1. The molecule has 0 aliphatic rings. The van der Waals surface area contributed by atoms with Gasteiger partial charge in [-0.2, -0.15) is 18.6 Å². The number of halogens is 4. The maximum absolute atomic E-state index is 12.9. The Labute approximate surface area is 174 Å². The van der Waals surface area contributed by atoms with E-state index in [4.69, 9.17) is 23.5 Å². The van der Waals surface area contributed by atoms with Crippen LogP contribution in [0.4, 0.5) is 14.5 Å². The molecular formula is C16H10Cl2F2N6O2S. The van der Waals surface area contributed by atoms with Crippen LogP contribution in [0.2, 0.25) is 5.02 Å². The third-order valence-electron chi connectivity index (χ3n) is 4.03. The molecule has 4 aromatic rings. The van der Waals surface area contributed by atoms with Gasteiger partial charge >= 0.3 is 6.55 Å². The van der Waals surface area contributed by atoms with Crippen LogP contribution in [0.15, 0.2) is 48.1 Å². The number of rotatable bonds is 6. The highest BCUT2D eigenvalue weighted by molar-refractivity contribution is 7.86. The van der Waals surface area contributed by atoms with Gasteiger partial charge in [0, 0.05) is 35.1 Å². The van der Waals surface area contributed by atoms with Crippen molar-refractivity contribution >= 4 is 51.0 Å². The van der Waals surface area contributed by atoms with E-state index in [1.165, 1.54) is 12.5 Å². The minimum absolute atomic E-state index is 0.0568. The number of anilines is 1. The van der Waals surface area contributed by atoms with Crippen LogP contribution in [-0.2, 0) is 11.0 Å². The molecule has 2 N–H and O–H groups in total. The lowest BCUT2D eigenvalue weighted by molar-refractivity contribution is 0.0515. The van der Waals surface area contributed by atoms with Gasteiger partial charge in [-0.15, -0.1) is 0 Å². The van der Waals surface area contributed by atoms with Crippen LogP contribution in [0.1, 0.15) is 6.55 Å². The average molecular weight is 459 g/mol. The largest absolute Gasteiger partial charge is 0.363 e. The Hall–Kier alpha value is -2.76. The molecule has 4 rings (SSSR count). The molecule has 1 aromatic carbocycles. The number of aromatic nitrogens is 5. The van der Waals surface area contributed by atoms with Gasteiger partial charge in [0.2, 0.25) is 0 Å². The monoisotopic (exact) mass is 458 g/mol. The molecule has 1 unspecified atom stereocenters. The minimum atomic E-state index is -2.97. The molecule has 0 amide bonds. The Kier molecular flexibility index (Phi) is 5.35. The molecule has 150 valence electrons. The molecule has 0 aliphatic carbocycles. The fourth-order valence-corrected chi connectivity index (χ4v) is 4.21. The molecule has 0 aliphatic heterocycles. The summed E-state index contributed by atoms with van der Waals surface area (Å²) in [6.45, 7) is -2.97. The minimum Gasteiger partial charge on any atom is -0.363 e. The van der Waals surface area contributed by atoms with Crippen LogP contribution in [0.3, 0.4) is 0 Å². The van der Waals surface area contributed by atoms with E-state index < -0.39 is 23.4 Å². The van der Waals surface area contributed by atoms with Crippen LogP contribution in [0.25, 0.3) is 22.0 Å². The van der Waals surface area contributed by atoms with Crippen molar-refractivity contribution in [3.05, 3.63) is 48.3 Å². The summed E-state index contributed by atoms with van der Waals surface area (Å²) in [6.07, 6.45) is 7.17. The number of fused-ring (bicyclic) bond motifs is 1. The standard InChI is InChI=1S/C16H10Cl2F2N6O2S/c17-10-2-1-9-12(6-23-14(9)13(10)8-3-21-7-22-4-8)29(27)25-11-5-24-26(16(19)20)15(11)28-18/h1-7,16,23,25H. The fraction of sp³-hybridized carbons (Fsp3) is 0.0625. The molecule has 0 bridgehead atoms. The predicted molar refractivity (Wildman–Crippen MR) is 104 cm³/mol. The maximum atomic E-state index is 12.9. The number of alkyl halides is 2. The Balaban J connectivity index is 1.74. The summed E-state index contributed by atoms with van der Waals surface area (Å²) in [4.78, 5) is 11.4. The summed E-state index contributed by atoms with van der Waals surface area (Å²) in [5.41, 5.74) is 1.88. The first-order valence-electron chi connectivity index (χ1n) is 7.89.